The molecular formula is C13H23NO3. The minimum atomic E-state index is -0.394. The van der Waals surface area contributed by atoms with Crippen molar-refractivity contribution in [2.45, 2.75) is 58.6 Å². The Kier molecular flexibility index (Phi) is 5.62. The molecule has 0 saturated heterocycles. The van der Waals surface area contributed by atoms with Crippen LogP contribution in [0, 0.1) is 5.92 Å². The number of nitrogens with one attached hydrogen (secondary N) is 1. The highest BCUT2D eigenvalue weighted by molar-refractivity contribution is 5.88. The Labute approximate surface area is 103 Å². The molecule has 98 valence electrons. The van der Waals surface area contributed by atoms with Gasteiger partial charge in [0.2, 0.25) is 5.91 Å². The molecule has 1 fully saturated rings. The van der Waals surface area contributed by atoms with Gasteiger partial charge in [-0.3, -0.25) is 9.59 Å². The summed E-state index contributed by atoms with van der Waals surface area (Å²) in [4.78, 5) is 23.0. The molecule has 1 unspecified atom stereocenters. The second-order valence-electron chi connectivity index (χ2n) is 5.12. The maximum absolute atomic E-state index is 11.6. The first-order valence-corrected chi connectivity index (χ1v) is 6.42. The lowest BCUT2D eigenvalue weighted by Gasteiger charge is -2.20. The summed E-state index contributed by atoms with van der Waals surface area (Å²) >= 11 is 0. The molecule has 0 aromatic carbocycles. The largest absolute Gasteiger partial charge is 0.368 e. The molecule has 1 aliphatic rings. The van der Waals surface area contributed by atoms with Crippen LogP contribution in [0.3, 0.4) is 0 Å². The zero-order valence-corrected chi connectivity index (χ0v) is 11.0. The van der Waals surface area contributed by atoms with Crippen LogP contribution in [0.2, 0.25) is 0 Å². The van der Waals surface area contributed by atoms with Gasteiger partial charge >= 0.3 is 0 Å². The van der Waals surface area contributed by atoms with Gasteiger partial charge < -0.3 is 10.1 Å². The Hall–Kier alpha value is -0.900. The molecule has 1 saturated carbocycles. The summed E-state index contributed by atoms with van der Waals surface area (Å²) in [5.41, 5.74) is 0. The van der Waals surface area contributed by atoms with Crippen LogP contribution in [-0.2, 0) is 14.3 Å². The van der Waals surface area contributed by atoms with Crippen molar-refractivity contribution in [2.75, 3.05) is 6.61 Å². The summed E-state index contributed by atoms with van der Waals surface area (Å²) < 4.78 is 5.50. The van der Waals surface area contributed by atoms with E-state index in [1.54, 1.807) is 0 Å². The van der Waals surface area contributed by atoms with Gasteiger partial charge in [-0.2, -0.15) is 0 Å². The molecule has 17 heavy (non-hydrogen) atoms. The van der Waals surface area contributed by atoms with Crippen LogP contribution in [-0.4, -0.2) is 30.4 Å². The Morgan fingerprint density at radius 2 is 1.88 bits per heavy atom. The number of rotatable bonds is 6. The summed E-state index contributed by atoms with van der Waals surface area (Å²) in [7, 11) is 0. The van der Waals surface area contributed by atoms with Gasteiger partial charge in [0, 0.05) is 0 Å². The van der Waals surface area contributed by atoms with Crippen LogP contribution in [0.1, 0.15) is 46.5 Å². The van der Waals surface area contributed by atoms with Crippen LogP contribution in [0.4, 0.5) is 0 Å². The van der Waals surface area contributed by atoms with E-state index < -0.39 is 6.04 Å². The van der Waals surface area contributed by atoms with Crippen molar-refractivity contribution in [1.82, 2.24) is 5.32 Å². The first-order chi connectivity index (χ1) is 8.00. The topological polar surface area (TPSA) is 55.4 Å². The van der Waals surface area contributed by atoms with Crippen LogP contribution in [0.15, 0.2) is 0 Å². The Morgan fingerprint density at radius 1 is 1.29 bits per heavy atom. The third-order valence-electron chi connectivity index (χ3n) is 3.17. The number of hydrogen-bond donors (Lipinski definition) is 1. The normalized spacial score (nSPS) is 18.4. The van der Waals surface area contributed by atoms with Crippen molar-refractivity contribution < 1.29 is 14.3 Å². The minimum absolute atomic E-state index is 0.00536. The van der Waals surface area contributed by atoms with Crippen LogP contribution in [0.25, 0.3) is 0 Å². The molecular weight excluding hydrogens is 218 g/mol. The summed E-state index contributed by atoms with van der Waals surface area (Å²) in [5, 5.41) is 2.73. The molecule has 0 heterocycles. The maximum Gasteiger partial charge on any atom is 0.246 e. The lowest BCUT2D eigenvalue weighted by atomic mass is 10.0. The fourth-order valence-corrected chi connectivity index (χ4v) is 2.20. The average Bonchev–Trinajstić information content (AvgIpc) is 2.74. The van der Waals surface area contributed by atoms with E-state index in [-0.39, 0.29) is 30.3 Å². The number of Topliss-reactive ketones (excluding diaryl/α,β-unsaturated/α-hetero) is 1. The summed E-state index contributed by atoms with van der Waals surface area (Å²) in [6, 6.07) is -0.394. The fraction of sp³-hybridized carbons (Fsp3) is 0.846. The van der Waals surface area contributed by atoms with Crippen molar-refractivity contribution in [3.63, 3.8) is 0 Å². The molecule has 0 spiro atoms. The first kappa shape index (κ1) is 14.2. The van der Waals surface area contributed by atoms with E-state index in [0.717, 1.165) is 12.8 Å². The van der Waals surface area contributed by atoms with E-state index in [0.29, 0.717) is 0 Å². The second kappa shape index (κ2) is 6.74. The summed E-state index contributed by atoms with van der Waals surface area (Å²) in [6.45, 7) is 5.41. The predicted octanol–water partition coefficient (Wildman–Crippen LogP) is 1.68. The van der Waals surface area contributed by atoms with Crippen LogP contribution >= 0.6 is 0 Å². The maximum atomic E-state index is 11.6. The van der Waals surface area contributed by atoms with E-state index in [9.17, 15) is 9.59 Å². The molecule has 1 rings (SSSR count). The third-order valence-corrected chi connectivity index (χ3v) is 3.17. The molecule has 0 aromatic rings. The van der Waals surface area contributed by atoms with E-state index >= 15 is 0 Å². The quantitative estimate of drug-likeness (QED) is 0.769. The molecule has 0 aromatic heterocycles. The first-order valence-electron chi connectivity index (χ1n) is 6.42. The van der Waals surface area contributed by atoms with Crippen LogP contribution in [0.5, 0.6) is 0 Å². The van der Waals surface area contributed by atoms with E-state index in [1.807, 2.05) is 13.8 Å². The molecule has 0 radical (unpaired) electrons. The van der Waals surface area contributed by atoms with Gasteiger partial charge in [0.1, 0.15) is 6.61 Å². The molecule has 1 atom stereocenters. The number of amides is 1. The highest BCUT2D eigenvalue weighted by Crippen LogP contribution is 2.20. The highest BCUT2D eigenvalue weighted by Gasteiger charge is 2.22. The van der Waals surface area contributed by atoms with Gasteiger partial charge in [-0.25, -0.2) is 0 Å². The minimum Gasteiger partial charge on any atom is -0.368 e. The van der Waals surface area contributed by atoms with Crippen molar-refractivity contribution in [1.29, 1.82) is 0 Å². The Balaban J connectivity index is 2.29. The molecule has 1 N–H and O–H groups in total. The lowest BCUT2D eigenvalue weighted by molar-refractivity contribution is -0.132. The zero-order valence-electron chi connectivity index (χ0n) is 11.0. The van der Waals surface area contributed by atoms with Crippen molar-refractivity contribution in [3.8, 4) is 0 Å². The Bertz CT molecular complexity index is 270. The molecule has 0 bridgehead atoms. The van der Waals surface area contributed by atoms with Crippen molar-refractivity contribution in [2.24, 2.45) is 5.92 Å². The second-order valence-corrected chi connectivity index (χ2v) is 5.12. The van der Waals surface area contributed by atoms with Gasteiger partial charge in [-0.05, 0) is 25.7 Å². The average molecular weight is 241 g/mol. The van der Waals surface area contributed by atoms with Gasteiger partial charge in [0.05, 0.1) is 12.1 Å². The van der Waals surface area contributed by atoms with E-state index in [2.05, 4.69) is 5.32 Å². The molecule has 0 aliphatic heterocycles. The number of ketones is 1. The van der Waals surface area contributed by atoms with Gasteiger partial charge in [-0.1, -0.05) is 26.7 Å². The highest BCUT2D eigenvalue weighted by atomic mass is 16.5. The SMILES string of the molecule is CC(=O)C(NC(=O)COC1CCCC1)C(C)C. The molecule has 4 nitrogen and oxygen atoms in total. The zero-order chi connectivity index (χ0) is 12.8. The smallest absolute Gasteiger partial charge is 0.246 e. The monoisotopic (exact) mass is 241 g/mol. The fourth-order valence-electron chi connectivity index (χ4n) is 2.20. The van der Waals surface area contributed by atoms with Gasteiger partial charge in [-0.15, -0.1) is 0 Å². The van der Waals surface area contributed by atoms with E-state index in [1.165, 1.54) is 19.8 Å². The standard InChI is InChI=1S/C13H23NO3/c1-9(2)13(10(3)15)14-12(16)8-17-11-6-4-5-7-11/h9,11,13H,4-8H2,1-3H3,(H,14,16). The number of carbonyl (C=O) groups is 2. The van der Waals surface area contributed by atoms with Gasteiger partial charge in [0.25, 0.3) is 0 Å². The predicted molar refractivity (Wildman–Crippen MR) is 65.7 cm³/mol. The summed E-state index contributed by atoms with van der Waals surface area (Å²) in [5.74, 6) is -0.0806. The molecule has 1 amide bonds. The molecule has 4 heteroatoms. The number of carbonyl (C=O) groups excluding carboxylic acids is 2. The van der Waals surface area contributed by atoms with Crippen LogP contribution < -0.4 is 5.32 Å². The van der Waals surface area contributed by atoms with Crippen molar-refractivity contribution >= 4 is 11.7 Å². The number of hydrogen-bond acceptors (Lipinski definition) is 3. The lowest BCUT2D eigenvalue weighted by Crippen LogP contribution is -2.45. The van der Waals surface area contributed by atoms with Gasteiger partial charge in [0.15, 0.2) is 5.78 Å². The summed E-state index contributed by atoms with van der Waals surface area (Å²) in [6.07, 6.45) is 4.71. The molecule has 1 aliphatic carbocycles. The third kappa shape index (κ3) is 4.86. The van der Waals surface area contributed by atoms with Crippen molar-refractivity contribution in [3.05, 3.63) is 0 Å². The number of ether oxygens (including phenoxy) is 1. The van der Waals surface area contributed by atoms with E-state index in [4.69, 9.17) is 4.74 Å². The Morgan fingerprint density at radius 3 is 2.35 bits per heavy atom.